The maximum absolute atomic E-state index is 8.88. The smallest absolute Gasteiger partial charge is 0.247 e. The molecule has 0 amide bonds. The Morgan fingerprint density at radius 2 is 1.88 bits per heavy atom. The van der Waals surface area contributed by atoms with Crippen LogP contribution in [0.2, 0.25) is 5.02 Å². The van der Waals surface area contributed by atoms with E-state index in [-0.39, 0.29) is 5.92 Å². The van der Waals surface area contributed by atoms with Crippen molar-refractivity contribution in [1.82, 2.24) is 15.1 Å². The second kappa shape index (κ2) is 7.28. The van der Waals surface area contributed by atoms with E-state index in [4.69, 9.17) is 21.3 Å². The number of halogens is 1. The molecule has 1 aromatic heterocycles. The van der Waals surface area contributed by atoms with E-state index < -0.39 is 0 Å². The number of rotatable bonds is 4. The second-order valence-corrected chi connectivity index (χ2v) is 6.92. The molecule has 0 saturated carbocycles. The number of likely N-dealkylation sites (tertiary alicyclic amines) is 1. The maximum atomic E-state index is 8.88. The lowest BCUT2D eigenvalue weighted by atomic mass is 10.1. The van der Waals surface area contributed by atoms with Crippen molar-refractivity contribution >= 4 is 11.6 Å². The highest BCUT2D eigenvalue weighted by molar-refractivity contribution is 6.30. The van der Waals surface area contributed by atoms with Gasteiger partial charge in [-0.3, -0.25) is 4.90 Å². The summed E-state index contributed by atoms with van der Waals surface area (Å²) in [5.74, 6) is 1.47. The van der Waals surface area contributed by atoms with Gasteiger partial charge in [0.1, 0.15) is 0 Å². The molecule has 1 atom stereocenters. The van der Waals surface area contributed by atoms with Crippen LogP contribution in [0.15, 0.2) is 52.9 Å². The van der Waals surface area contributed by atoms with E-state index in [1.54, 1.807) is 0 Å². The van der Waals surface area contributed by atoms with Crippen LogP contribution < -0.4 is 0 Å². The molecule has 0 N–H and O–H groups in total. The minimum Gasteiger partial charge on any atom is -0.420 e. The van der Waals surface area contributed by atoms with Crippen LogP contribution in [0.3, 0.4) is 0 Å². The number of aromatic nitrogens is 2. The highest BCUT2D eigenvalue weighted by Crippen LogP contribution is 2.29. The molecule has 2 heterocycles. The van der Waals surface area contributed by atoms with Gasteiger partial charge in [-0.2, -0.15) is 5.26 Å². The molecule has 3 aromatic rings. The van der Waals surface area contributed by atoms with Crippen molar-refractivity contribution in [3.8, 4) is 17.5 Å². The summed E-state index contributed by atoms with van der Waals surface area (Å²) in [6, 6.07) is 17.3. The molecular formula is C20H17ClN4O. The van der Waals surface area contributed by atoms with Crippen LogP contribution in [0.4, 0.5) is 0 Å². The van der Waals surface area contributed by atoms with Crippen molar-refractivity contribution in [2.75, 3.05) is 13.1 Å². The van der Waals surface area contributed by atoms with E-state index in [1.807, 2.05) is 48.5 Å². The van der Waals surface area contributed by atoms with Crippen molar-refractivity contribution in [1.29, 1.82) is 5.26 Å². The van der Waals surface area contributed by atoms with Crippen LogP contribution in [0.25, 0.3) is 11.5 Å². The SMILES string of the molecule is N#Cc1ccc(CN2CCC(c3nnc(-c4ccc(Cl)cc4)o3)C2)cc1. The predicted octanol–water partition coefficient (Wildman–Crippen LogP) is 4.25. The Morgan fingerprint density at radius 1 is 1.12 bits per heavy atom. The molecule has 6 heteroatoms. The zero-order chi connectivity index (χ0) is 17.9. The van der Waals surface area contributed by atoms with Crippen LogP contribution in [0, 0.1) is 11.3 Å². The first-order chi connectivity index (χ1) is 12.7. The van der Waals surface area contributed by atoms with Gasteiger partial charge in [-0.05, 0) is 54.9 Å². The number of nitrogens with zero attached hydrogens (tertiary/aromatic N) is 4. The Balaban J connectivity index is 1.40. The summed E-state index contributed by atoms with van der Waals surface area (Å²) in [5.41, 5.74) is 2.77. The standard InChI is InChI=1S/C20H17ClN4O/c21-18-7-5-16(6-8-18)19-23-24-20(26-19)17-9-10-25(13-17)12-15-3-1-14(11-22)2-4-15/h1-8,17H,9-10,12-13H2. The largest absolute Gasteiger partial charge is 0.420 e. The summed E-state index contributed by atoms with van der Waals surface area (Å²) in [5, 5.41) is 18.0. The molecule has 2 aromatic carbocycles. The van der Waals surface area contributed by atoms with Crippen LogP contribution in [-0.2, 0) is 6.54 Å². The third kappa shape index (κ3) is 3.62. The fourth-order valence-electron chi connectivity index (χ4n) is 3.23. The van der Waals surface area contributed by atoms with Crippen molar-refractivity contribution in [2.24, 2.45) is 0 Å². The molecule has 1 fully saturated rings. The van der Waals surface area contributed by atoms with Gasteiger partial charge in [0.15, 0.2) is 0 Å². The van der Waals surface area contributed by atoms with E-state index in [0.717, 1.165) is 31.6 Å². The highest BCUT2D eigenvalue weighted by Gasteiger charge is 2.28. The number of hydrogen-bond donors (Lipinski definition) is 0. The van der Waals surface area contributed by atoms with Crippen LogP contribution in [0.5, 0.6) is 0 Å². The molecule has 0 radical (unpaired) electrons. The van der Waals surface area contributed by atoms with E-state index in [1.165, 1.54) is 5.56 Å². The third-order valence-corrected chi connectivity index (χ3v) is 4.89. The van der Waals surface area contributed by atoms with Gasteiger partial charge < -0.3 is 4.42 Å². The Kier molecular flexibility index (Phi) is 4.70. The Hall–Kier alpha value is -2.68. The fraction of sp³-hybridized carbons (Fsp3) is 0.250. The Labute approximate surface area is 156 Å². The summed E-state index contributed by atoms with van der Waals surface area (Å²) in [6.07, 6.45) is 0.999. The molecule has 1 unspecified atom stereocenters. The van der Waals surface area contributed by atoms with E-state index in [2.05, 4.69) is 21.2 Å². The molecular weight excluding hydrogens is 348 g/mol. The zero-order valence-corrected chi connectivity index (χ0v) is 14.9. The molecule has 1 aliphatic rings. The average Bonchev–Trinajstić information content (AvgIpc) is 3.32. The summed E-state index contributed by atoms with van der Waals surface area (Å²) in [4.78, 5) is 2.37. The lowest BCUT2D eigenvalue weighted by Crippen LogP contribution is -2.19. The van der Waals surface area contributed by atoms with E-state index in [9.17, 15) is 0 Å². The second-order valence-electron chi connectivity index (χ2n) is 6.48. The van der Waals surface area contributed by atoms with Gasteiger partial charge in [0.25, 0.3) is 0 Å². The number of benzene rings is 2. The third-order valence-electron chi connectivity index (χ3n) is 4.64. The van der Waals surface area contributed by atoms with Crippen molar-refractivity contribution in [3.63, 3.8) is 0 Å². The van der Waals surface area contributed by atoms with Gasteiger partial charge >= 0.3 is 0 Å². The van der Waals surface area contributed by atoms with Gasteiger partial charge in [-0.15, -0.1) is 10.2 Å². The molecule has 1 aliphatic heterocycles. The molecule has 1 saturated heterocycles. The van der Waals surface area contributed by atoms with Crippen molar-refractivity contribution < 1.29 is 4.42 Å². The molecule has 0 bridgehead atoms. The minimum atomic E-state index is 0.252. The molecule has 0 aliphatic carbocycles. The lowest BCUT2D eigenvalue weighted by Gasteiger charge is -2.15. The molecule has 130 valence electrons. The highest BCUT2D eigenvalue weighted by atomic mass is 35.5. The first kappa shape index (κ1) is 16.8. The van der Waals surface area contributed by atoms with Gasteiger partial charge in [-0.25, -0.2) is 0 Å². The Bertz CT molecular complexity index is 928. The van der Waals surface area contributed by atoms with Gasteiger partial charge in [0.2, 0.25) is 11.8 Å². The van der Waals surface area contributed by atoms with Gasteiger partial charge in [-0.1, -0.05) is 23.7 Å². The summed E-state index contributed by atoms with van der Waals surface area (Å²) in [7, 11) is 0. The lowest BCUT2D eigenvalue weighted by molar-refractivity contribution is 0.320. The van der Waals surface area contributed by atoms with Gasteiger partial charge in [0, 0.05) is 23.7 Å². The number of hydrogen-bond acceptors (Lipinski definition) is 5. The topological polar surface area (TPSA) is 66.0 Å². The average molecular weight is 365 g/mol. The summed E-state index contributed by atoms with van der Waals surface area (Å²) >= 11 is 5.92. The van der Waals surface area contributed by atoms with Gasteiger partial charge in [0.05, 0.1) is 17.6 Å². The molecule has 26 heavy (non-hydrogen) atoms. The number of nitriles is 1. The van der Waals surface area contributed by atoms with Crippen LogP contribution in [0.1, 0.15) is 29.4 Å². The Morgan fingerprint density at radius 3 is 2.62 bits per heavy atom. The molecule has 4 rings (SSSR count). The first-order valence-electron chi connectivity index (χ1n) is 8.52. The van der Waals surface area contributed by atoms with Crippen LogP contribution in [-0.4, -0.2) is 28.2 Å². The van der Waals surface area contributed by atoms with E-state index >= 15 is 0 Å². The van der Waals surface area contributed by atoms with Crippen molar-refractivity contribution in [3.05, 3.63) is 70.6 Å². The summed E-state index contributed by atoms with van der Waals surface area (Å²) in [6.45, 7) is 2.74. The fourth-order valence-corrected chi connectivity index (χ4v) is 3.36. The zero-order valence-electron chi connectivity index (χ0n) is 14.1. The van der Waals surface area contributed by atoms with E-state index in [0.29, 0.717) is 22.4 Å². The summed E-state index contributed by atoms with van der Waals surface area (Å²) < 4.78 is 5.89. The molecule has 0 spiro atoms. The monoisotopic (exact) mass is 364 g/mol. The molecule has 5 nitrogen and oxygen atoms in total. The predicted molar refractivity (Wildman–Crippen MR) is 98.5 cm³/mol. The van der Waals surface area contributed by atoms with Crippen molar-refractivity contribution in [2.45, 2.75) is 18.9 Å². The normalized spacial score (nSPS) is 17.3. The maximum Gasteiger partial charge on any atom is 0.247 e. The minimum absolute atomic E-state index is 0.252. The quantitative estimate of drug-likeness (QED) is 0.692. The first-order valence-corrected chi connectivity index (χ1v) is 8.90. The van der Waals surface area contributed by atoms with Crippen LogP contribution >= 0.6 is 11.6 Å².